The summed E-state index contributed by atoms with van der Waals surface area (Å²) in [7, 11) is 0. The Kier molecular flexibility index (Phi) is 11.9. The van der Waals surface area contributed by atoms with Crippen LogP contribution in [0.4, 0.5) is 34.4 Å². The number of aliphatic imine (C=N–C) groups is 1. The van der Waals surface area contributed by atoms with Gasteiger partial charge in [-0.3, -0.25) is 24.5 Å². The molecule has 6 heterocycles. The van der Waals surface area contributed by atoms with Crippen LogP contribution in [0.15, 0.2) is 182 Å². The molecule has 0 radical (unpaired) electrons. The second-order valence-corrected chi connectivity index (χ2v) is 16.0. The van der Waals surface area contributed by atoms with E-state index in [2.05, 4.69) is 59.3 Å². The van der Waals surface area contributed by atoms with Gasteiger partial charge < -0.3 is 30.7 Å². The summed E-state index contributed by atoms with van der Waals surface area (Å²) in [4.78, 5) is 48.9. The van der Waals surface area contributed by atoms with Crippen molar-refractivity contribution in [1.29, 1.82) is 0 Å². The van der Waals surface area contributed by atoms with Crippen LogP contribution in [0, 0.1) is 12.8 Å². The molecule has 1 aliphatic heterocycles. The molecule has 68 heavy (non-hydrogen) atoms. The van der Waals surface area contributed by atoms with Gasteiger partial charge >= 0.3 is 0 Å². The molecule has 2 unspecified atom stereocenters. The summed E-state index contributed by atoms with van der Waals surface area (Å²) in [5.41, 5.74) is 7.66. The predicted molar refractivity (Wildman–Crippen MR) is 261 cm³/mol. The van der Waals surface area contributed by atoms with Gasteiger partial charge in [-0.15, -0.1) is 0 Å². The van der Waals surface area contributed by atoms with Crippen LogP contribution < -0.4 is 35.4 Å². The Balaban J connectivity index is 0.781. The molecule has 0 saturated carbocycles. The van der Waals surface area contributed by atoms with Crippen molar-refractivity contribution in [2.24, 2.45) is 10.9 Å². The minimum atomic E-state index is -0.321. The third-order valence-corrected chi connectivity index (χ3v) is 11.1. The molecule has 10 rings (SSSR count). The minimum Gasteiger partial charge on any atom is -0.457 e. The molecule has 15 nitrogen and oxygen atoms in total. The summed E-state index contributed by atoms with van der Waals surface area (Å²) in [6.07, 6.45) is 11.9. The SMILES string of the molecule is Cc1cc(Oc2ccnc(NC(=O)c3cccc(NC4c5cc(-[n+]6ccc(Oc7ccnc(NC(=O)c8cccc(Nc9ccnc%10ccccc9%10)c8)c7)cn6)ccc5N=CC4C)c3)c2)ccn1. The lowest BCUT2D eigenvalue weighted by atomic mass is 9.91. The zero-order chi connectivity index (χ0) is 46.4. The number of carbonyl (C=O) groups excluding carboxylic acids is 2. The van der Waals surface area contributed by atoms with E-state index < -0.39 is 0 Å². The zero-order valence-corrected chi connectivity index (χ0v) is 36.7. The Morgan fingerprint density at radius 3 is 2.00 bits per heavy atom. The van der Waals surface area contributed by atoms with E-state index in [1.54, 1.807) is 84.2 Å². The largest absolute Gasteiger partial charge is 0.457 e. The second-order valence-electron chi connectivity index (χ2n) is 16.0. The van der Waals surface area contributed by atoms with Gasteiger partial charge in [0.25, 0.3) is 11.8 Å². The number of anilines is 5. The highest BCUT2D eigenvalue weighted by Crippen LogP contribution is 2.37. The average molecular weight is 897 g/mol. The number of aromatic nitrogens is 6. The Labute approximate surface area is 390 Å². The summed E-state index contributed by atoms with van der Waals surface area (Å²) in [5.74, 6) is 2.21. The lowest BCUT2D eigenvalue weighted by Gasteiger charge is -2.28. The number of hydrogen-bond donors (Lipinski definition) is 4. The first-order valence-electron chi connectivity index (χ1n) is 21.7. The van der Waals surface area contributed by atoms with Crippen molar-refractivity contribution >= 4 is 63.3 Å². The number of amides is 2. The van der Waals surface area contributed by atoms with Crippen molar-refractivity contribution in [2.45, 2.75) is 19.9 Å². The highest BCUT2D eigenvalue weighted by molar-refractivity contribution is 6.05. The molecule has 9 aromatic rings. The number of benzene rings is 4. The van der Waals surface area contributed by atoms with E-state index in [0.717, 1.165) is 50.6 Å². The number of ether oxygens (including phenoxy) is 2. The van der Waals surface area contributed by atoms with Gasteiger partial charge in [0, 0.05) is 123 Å². The second kappa shape index (κ2) is 19.0. The van der Waals surface area contributed by atoms with Gasteiger partial charge in [-0.1, -0.05) is 41.9 Å². The number of rotatable bonds is 13. The van der Waals surface area contributed by atoms with Gasteiger partial charge in [-0.25, -0.2) is 9.97 Å². The molecule has 0 spiro atoms. The molecule has 332 valence electrons. The van der Waals surface area contributed by atoms with E-state index >= 15 is 0 Å². The number of nitrogens with zero attached hydrogens (tertiary/aromatic N) is 7. The molecule has 0 saturated heterocycles. The first kappa shape index (κ1) is 42.6. The number of pyridine rings is 4. The summed E-state index contributed by atoms with van der Waals surface area (Å²) in [6.45, 7) is 3.98. The van der Waals surface area contributed by atoms with Crippen LogP contribution in [-0.2, 0) is 0 Å². The van der Waals surface area contributed by atoms with Gasteiger partial charge in [-0.05, 0) is 79.7 Å². The summed E-state index contributed by atoms with van der Waals surface area (Å²) in [5, 5.41) is 18.5. The van der Waals surface area contributed by atoms with Gasteiger partial charge in [0.15, 0.2) is 5.75 Å². The maximum atomic E-state index is 13.5. The molecule has 2 atom stereocenters. The Bertz CT molecular complexity index is 3360. The molecule has 15 heteroatoms. The zero-order valence-electron chi connectivity index (χ0n) is 36.7. The molecule has 0 aliphatic carbocycles. The summed E-state index contributed by atoms with van der Waals surface area (Å²) in [6, 6.07) is 42.4. The first-order chi connectivity index (χ1) is 33.3. The highest BCUT2D eigenvalue weighted by atomic mass is 16.5. The average Bonchev–Trinajstić information content (AvgIpc) is 3.35. The van der Waals surface area contributed by atoms with E-state index in [4.69, 9.17) is 14.5 Å². The minimum absolute atomic E-state index is 0.0241. The smallest absolute Gasteiger partial charge is 0.256 e. The fourth-order valence-corrected chi connectivity index (χ4v) is 7.73. The van der Waals surface area contributed by atoms with Crippen molar-refractivity contribution in [2.75, 3.05) is 21.3 Å². The third-order valence-electron chi connectivity index (χ3n) is 11.1. The van der Waals surface area contributed by atoms with Crippen molar-refractivity contribution < 1.29 is 23.7 Å². The van der Waals surface area contributed by atoms with Gasteiger partial charge in [0.2, 0.25) is 11.9 Å². The Hall–Kier alpha value is -9.37. The van der Waals surface area contributed by atoms with Gasteiger partial charge in [0.05, 0.1) is 17.2 Å². The van der Waals surface area contributed by atoms with E-state index in [9.17, 15) is 9.59 Å². The van der Waals surface area contributed by atoms with Gasteiger partial charge in [0.1, 0.15) is 35.1 Å². The Morgan fingerprint density at radius 1 is 0.618 bits per heavy atom. The molecule has 1 aliphatic rings. The van der Waals surface area contributed by atoms with E-state index in [0.29, 0.717) is 45.8 Å². The topological polar surface area (TPSA) is 181 Å². The quantitative estimate of drug-likeness (QED) is 0.0809. The maximum absolute atomic E-state index is 13.5. The number of aryl methyl sites for hydroxylation is 1. The Morgan fingerprint density at radius 2 is 1.28 bits per heavy atom. The third kappa shape index (κ3) is 9.81. The molecule has 4 aromatic carbocycles. The fraction of sp³-hybridized carbons (Fsp3) is 0.0755. The van der Waals surface area contributed by atoms with Crippen LogP contribution in [0.5, 0.6) is 23.0 Å². The highest BCUT2D eigenvalue weighted by Gasteiger charge is 2.27. The van der Waals surface area contributed by atoms with Crippen LogP contribution in [-0.4, -0.2) is 43.1 Å². The molecular weight excluding hydrogens is 855 g/mol. The number of fused-ring (bicyclic) bond motifs is 2. The fourth-order valence-electron chi connectivity index (χ4n) is 7.73. The monoisotopic (exact) mass is 896 g/mol. The normalized spacial score (nSPS) is 13.8. The molecular formula is C53H42N11O4+. The lowest BCUT2D eigenvalue weighted by Crippen LogP contribution is -2.34. The molecule has 0 bridgehead atoms. The van der Waals surface area contributed by atoms with E-state index in [-0.39, 0.29) is 23.8 Å². The lowest BCUT2D eigenvalue weighted by molar-refractivity contribution is -0.660. The standard InChI is InChI=1S/C53H41N11O4/c1-33-31-58-47-14-13-39(28-45(47)51(33)61-38-10-6-8-36(27-38)53(66)62-49-29-41(16-21-56-49)67-40-15-20-54-34(2)25-40)64-24-19-43(32-59-64)68-42-17-22-57-50(30-42)63-52(65)35-7-5-9-37(26-35)60-48-18-23-55-46-12-4-3-11-44(46)48/h3-33,51,61H,1-2H3,(H2-,55,56,57,60,62,63,65,66)/p+1. The predicted octanol–water partition coefficient (Wildman–Crippen LogP) is 10.7. The molecule has 2 amide bonds. The van der Waals surface area contributed by atoms with E-state index in [1.807, 2.05) is 104 Å². The number of carbonyl (C=O) groups is 2. The van der Waals surface area contributed by atoms with Crippen molar-refractivity contribution in [1.82, 2.24) is 25.0 Å². The maximum Gasteiger partial charge on any atom is 0.256 e. The molecule has 4 N–H and O–H groups in total. The number of para-hydroxylation sites is 1. The molecule has 5 aromatic heterocycles. The van der Waals surface area contributed by atoms with Crippen LogP contribution in [0.1, 0.15) is 44.9 Å². The van der Waals surface area contributed by atoms with Crippen molar-refractivity contribution in [3.63, 3.8) is 0 Å². The molecule has 0 fully saturated rings. The van der Waals surface area contributed by atoms with Crippen LogP contribution in [0.3, 0.4) is 0 Å². The number of nitrogens with one attached hydrogen (secondary N) is 4. The van der Waals surface area contributed by atoms with Crippen molar-refractivity contribution in [3.05, 3.63) is 199 Å². The summed E-state index contributed by atoms with van der Waals surface area (Å²) < 4.78 is 13.9. The number of hydrogen-bond acceptors (Lipinski definition) is 12. The van der Waals surface area contributed by atoms with Crippen LogP contribution in [0.25, 0.3) is 16.6 Å². The van der Waals surface area contributed by atoms with Crippen LogP contribution >= 0.6 is 0 Å². The first-order valence-corrected chi connectivity index (χ1v) is 21.7. The van der Waals surface area contributed by atoms with E-state index in [1.165, 1.54) is 0 Å². The van der Waals surface area contributed by atoms with Crippen LogP contribution in [0.2, 0.25) is 0 Å². The van der Waals surface area contributed by atoms with Crippen molar-refractivity contribution in [3.8, 4) is 28.7 Å². The summed E-state index contributed by atoms with van der Waals surface area (Å²) >= 11 is 0. The van der Waals surface area contributed by atoms with Gasteiger partial charge in [-0.2, -0.15) is 0 Å².